The number of primary amides is 1. The van der Waals surface area contributed by atoms with E-state index < -0.39 is 23.5 Å². The third-order valence-electron chi connectivity index (χ3n) is 1.75. The molecule has 2 amide bonds. The lowest BCUT2D eigenvalue weighted by molar-refractivity contribution is -0.159. The zero-order valence-corrected chi connectivity index (χ0v) is 10.7. The van der Waals surface area contributed by atoms with Crippen LogP contribution in [0.1, 0.15) is 40.5 Å². The van der Waals surface area contributed by atoms with Crippen LogP contribution in [0.25, 0.3) is 0 Å². The number of amides is 2. The van der Waals surface area contributed by atoms with Crippen molar-refractivity contribution in [2.24, 2.45) is 5.73 Å². The van der Waals surface area contributed by atoms with Gasteiger partial charge in [-0.05, 0) is 20.8 Å². The number of carbonyl (C=O) groups is 3. The van der Waals surface area contributed by atoms with Crippen molar-refractivity contribution in [2.45, 2.75) is 52.2 Å². The number of hydrogen-bond donors (Lipinski definition) is 2. The predicted octanol–water partition coefficient (Wildman–Crippen LogP) is 0.0983. The molecule has 0 aliphatic carbocycles. The highest BCUT2D eigenvalue weighted by molar-refractivity contribution is 5.89. The standard InChI is InChI=1S/C11H20N2O4/c1-5-9(15)13-7(6-8(12)14)10(16)17-11(2,3)4/h7H,5-6H2,1-4H3,(H2,12,14)(H,13,15)/t7-/m1/s1. The van der Waals surface area contributed by atoms with E-state index in [1.807, 2.05) is 0 Å². The summed E-state index contributed by atoms with van der Waals surface area (Å²) >= 11 is 0. The van der Waals surface area contributed by atoms with Gasteiger partial charge in [-0.2, -0.15) is 0 Å². The Kier molecular flexibility index (Phi) is 5.64. The molecule has 0 aromatic carbocycles. The van der Waals surface area contributed by atoms with Crippen molar-refractivity contribution in [3.8, 4) is 0 Å². The van der Waals surface area contributed by atoms with Gasteiger partial charge in [-0.15, -0.1) is 0 Å². The summed E-state index contributed by atoms with van der Waals surface area (Å²) in [7, 11) is 0. The van der Waals surface area contributed by atoms with E-state index in [-0.39, 0.29) is 18.7 Å². The fourth-order valence-corrected chi connectivity index (χ4v) is 1.06. The molecule has 0 saturated heterocycles. The SMILES string of the molecule is CCC(=O)N[C@H](CC(N)=O)C(=O)OC(C)(C)C. The highest BCUT2D eigenvalue weighted by Crippen LogP contribution is 2.09. The molecule has 98 valence electrons. The summed E-state index contributed by atoms with van der Waals surface area (Å²) in [6, 6.07) is -1.01. The lowest BCUT2D eigenvalue weighted by Crippen LogP contribution is -2.46. The van der Waals surface area contributed by atoms with Gasteiger partial charge in [-0.3, -0.25) is 9.59 Å². The first kappa shape index (κ1) is 15.4. The zero-order chi connectivity index (χ0) is 13.6. The van der Waals surface area contributed by atoms with Gasteiger partial charge < -0.3 is 15.8 Å². The molecule has 0 spiro atoms. The van der Waals surface area contributed by atoms with Gasteiger partial charge in [0.2, 0.25) is 11.8 Å². The highest BCUT2D eigenvalue weighted by atomic mass is 16.6. The molecule has 0 radical (unpaired) electrons. The smallest absolute Gasteiger partial charge is 0.329 e. The van der Waals surface area contributed by atoms with Crippen molar-refractivity contribution in [3.63, 3.8) is 0 Å². The first-order valence-electron chi connectivity index (χ1n) is 5.46. The van der Waals surface area contributed by atoms with Crippen molar-refractivity contribution in [1.82, 2.24) is 5.32 Å². The minimum Gasteiger partial charge on any atom is -0.458 e. The van der Waals surface area contributed by atoms with Gasteiger partial charge in [0, 0.05) is 6.42 Å². The van der Waals surface area contributed by atoms with E-state index in [2.05, 4.69) is 5.32 Å². The molecule has 6 heteroatoms. The van der Waals surface area contributed by atoms with Crippen molar-refractivity contribution < 1.29 is 19.1 Å². The predicted molar refractivity (Wildman–Crippen MR) is 61.9 cm³/mol. The second-order valence-electron chi connectivity index (χ2n) is 4.68. The van der Waals surface area contributed by atoms with Crippen LogP contribution >= 0.6 is 0 Å². The third kappa shape index (κ3) is 7.32. The molecule has 0 heterocycles. The third-order valence-corrected chi connectivity index (χ3v) is 1.75. The first-order chi connectivity index (χ1) is 7.65. The quantitative estimate of drug-likeness (QED) is 0.670. The van der Waals surface area contributed by atoms with Crippen LogP contribution in [-0.4, -0.2) is 29.4 Å². The molecule has 0 aromatic rings. The van der Waals surface area contributed by atoms with Gasteiger partial charge >= 0.3 is 5.97 Å². The van der Waals surface area contributed by atoms with E-state index in [0.29, 0.717) is 0 Å². The highest BCUT2D eigenvalue weighted by Gasteiger charge is 2.27. The molecule has 0 fully saturated rings. The van der Waals surface area contributed by atoms with Gasteiger partial charge in [0.25, 0.3) is 0 Å². The molecule has 0 aliphatic heterocycles. The Labute approximate surface area is 101 Å². The summed E-state index contributed by atoms with van der Waals surface area (Å²) in [5.41, 5.74) is 4.34. The molecule has 0 rings (SSSR count). The minimum absolute atomic E-state index is 0.220. The van der Waals surface area contributed by atoms with E-state index in [0.717, 1.165) is 0 Å². The summed E-state index contributed by atoms with van der Waals surface area (Å²) in [5, 5.41) is 2.41. The van der Waals surface area contributed by atoms with E-state index in [1.54, 1.807) is 27.7 Å². The van der Waals surface area contributed by atoms with E-state index in [1.165, 1.54) is 0 Å². The lowest BCUT2D eigenvalue weighted by Gasteiger charge is -2.23. The number of nitrogens with two attached hydrogens (primary N) is 1. The first-order valence-corrected chi connectivity index (χ1v) is 5.46. The number of rotatable bonds is 5. The number of esters is 1. The minimum atomic E-state index is -1.01. The van der Waals surface area contributed by atoms with Gasteiger partial charge in [0.1, 0.15) is 11.6 Å². The van der Waals surface area contributed by atoms with Crippen LogP contribution in [0.4, 0.5) is 0 Å². The Bertz CT molecular complexity index is 307. The van der Waals surface area contributed by atoms with E-state index in [9.17, 15) is 14.4 Å². The number of carbonyl (C=O) groups excluding carboxylic acids is 3. The maximum atomic E-state index is 11.7. The summed E-state index contributed by atoms with van der Waals surface area (Å²) in [6.07, 6.45) is -0.0429. The molecule has 17 heavy (non-hydrogen) atoms. The van der Waals surface area contributed by atoms with Gasteiger partial charge in [0.15, 0.2) is 0 Å². The molecule has 0 unspecified atom stereocenters. The topological polar surface area (TPSA) is 98.5 Å². The lowest BCUT2D eigenvalue weighted by atomic mass is 10.1. The Balaban J connectivity index is 4.61. The molecular weight excluding hydrogens is 224 g/mol. The molecule has 0 bridgehead atoms. The number of hydrogen-bond acceptors (Lipinski definition) is 4. The average molecular weight is 244 g/mol. The summed E-state index contributed by atoms with van der Waals surface area (Å²) < 4.78 is 5.08. The Morgan fingerprint density at radius 1 is 1.29 bits per heavy atom. The molecule has 3 N–H and O–H groups in total. The Hall–Kier alpha value is -1.59. The van der Waals surface area contributed by atoms with Gasteiger partial charge in [-0.1, -0.05) is 6.92 Å². The Morgan fingerprint density at radius 3 is 2.18 bits per heavy atom. The second-order valence-corrected chi connectivity index (χ2v) is 4.68. The largest absolute Gasteiger partial charge is 0.458 e. The zero-order valence-electron chi connectivity index (χ0n) is 10.7. The molecule has 0 aromatic heterocycles. The normalized spacial score (nSPS) is 12.7. The van der Waals surface area contributed by atoms with Crippen molar-refractivity contribution >= 4 is 17.8 Å². The maximum absolute atomic E-state index is 11.7. The van der Waals surface area contributed by atoms with E-state index in [4.69, 9.17) is 10.5 Å². The summed E-state index contributed by atoms with van der Waals surface area (Å²) in [6.45, 7) is 6.75. The number of ether oxygens (including phenoxy) is 1. The van der Waals surface area contributed by atoms with Crippen LogP contribution < -0.4 is 11.1 Å². The molecule has 6 nitrogen and oxygen atoms in total. The maximum Gasteiger partial charge on any atom is 0.329 e. The molecular formula is C11H20N2O4. The second kappa shape index (κ2) is 6.22. The monoisotopic (exact) mass is 244 g/mol. The van der Waals surface area contributed by atoms with Crippen LogP contribution in [0.2, 0.25) is 0 Å². The fourth-order valence-electron chi connectivity index (χ4n) is 1.06. The van der Waals surface area contributed by atoms with Crippen LogP contribution in [0.3, 0.4) is 0 Å². The van der Waals surface area contributed by atoms with Crippen LogP contribution in [-0.2, 0) is 19.1 Å². The van der Waals surface area contributed by atoms with Crippen molar-refractivity contribution in [2.75, 3.05) is 0 Å². The van der Waals surface area contributed by atoms with Crippen molar-refractivity contribution in [1.29, 1.82) is 0 Å². The van der Waals surface area contributed by atoms with E-state index >= 15 is 0 Å². The average Bonchev–Trinajstić information content (AvgIpc) is 2.13. The fraction of sp³-hybridized carbons (Fsp3) is 0.727. The molecule has 0 aliphatic rings. The van der Waals surface area contributed by atoms with Crippen molar-refractivity contribution in [3.05, 3.63) is 0 Å². The molecule has 1 atom stereocenters. The van der Waals surface area contributed by atoms with Crippen LogP contribution in [0, 0.1) is 0 Å². The summed E-state index contributed by atoms with van der Waals surface area (Å²) in [4.78, 5) is 33.7. The summed E-state index contributed by atoms with van der Waals surface area (Å²) in [5.74, 6) is -1.66. The number of nitrogens with one attached hydrogen (secondary N) is 1. The van der Waals surface area contributed by atoms with Crippen LogP contribution in [0.15, 0.2) is 0 Å². The van der Waals surface area contributed by atoms with Crippen LogP contribution in [0.5, 0.6) is 0 Å². The Morgan fingerprint density at radius 2 is 1.82 bits per heavy atom. The molecule has 0 saturated carbocycles. The van der Waals surface area contributed by atoms with Gasteiger partial charge in [-0.25, -0.2) is 4.79 Å². The van der Waals surface area contributed by atoms with Gasteiger partial charge in [0.05, 0.1) is 6.42 Å².